The van der Waals surface area contributed by atoms with E-state index >= 15 is 0 Å². The standard InChI is InChI=1S/C22H24N4O9S/c1-32-16-12-15(20(27)35-4)17(19(34-3)18(16)33-2)23-36(30,31)14-8-6-13(7-9-14)26-21(28)24-10-5-11-25(24)22(26)29/h6-9,12,23H,5,10-11H2,1-4H3. The lowest BCUT2D eigenvalue weighted by molar-refractivity contribution is 0.0601. The monoisotopic (exact) mass is 520 g/mol. The molecule has 192 valence electrons. The van der Waals surface area contributed by atoms with Gasteiger partial charge >= 0.3 is 17.3 Å². The third kappa shape index (κ3) is 3.98. The first-order chi connectivity index (χ1) is 17.2. The van der Waals surface area contributed by atoms with Gasteiger partial charge in [-0.15, -0.1) is 0 Å². The molecule has 0 bridgehead atoms. The van der Waals surface area contributed by atoms with Gasteiger partial charge in [-0.2, -0.15) is 0 Å². The van der Waals surface area contributed by atoms with Crippen LogP contribution in [0.25, 0.3) is 5.69 Å². The lowest BCUT2D eigenvalue weighted by atomic mass is 10.1. The second-order valence-corrected chi connectivity index (χ2v) is 9.34. The van der Waals surface area contributed by atoms with E-state index in [1.807, 2.05) is 0 Å². The topological polar surface area (TPSA) is 149 Å². The van der Waals surface area contributed by atoms with E-state index in [0.29, 0.717) is 19.5 Å². The van der Waals surface area contributed by atoms with Crippen molar-refractivity contribution in [2.45, 2.75) is 24.4 Å². The summed E-state index contributed by atoms with van der Waals surface area (Å²) >= 11 is 0. The Morgan fingerprint density at radius 2 is 1.47 bits per heavy atom. The summed E-state index contributed by atoms with van der Waals surface area (Å²) in [7, 11) is 0.816. The SMILES string of the molecule is COC(=O)c1cc(OC)c(OC)c(OC)c1NS(=O)(=O)c1ccc(-n2c(=O)n3n(c2=O)CCC3)cc1. The Kier molecular flexibility index (Phi) is 6.54. The van der Waals surface area contributed by atoms with Gasteiger partial charge in [-0.1, -0.05) is 0 Å². The molecule has 1 N–H and O–H groups in total. The van der Waals surface area contributed by atoms with E-state index in [9.17, 15) is 22.8 Å². The molecule has 0 spiro atoms. The van der Waals surface area contributed by atoms with Crippen molar-refractivity contribution in [3.63, 3.8) is 0 Å². The minimum Gasteiger partial charge on any atom is -0.493 e. The fourth-order valence-corrected chi connectivity index (χ4v) is 5.12. The molecule has 0 aliphatic carbocycles. The van der Waals surface area contributed by atoms with Crippen molar-refractivity contribution < 1.29 is 32.2 Å². The number of aromatic nitrogens is 3. The third-order valence-electron chi connectivity index (χ3n) is 5.73. The number of methoxy groups -OCH3 is 4. The summed E-state index contributed by atoms with van der Waals surface area (Å²) in [6.45, 7) is 0.875. The van der Waals surface area contributed by atoms with Crippen LogP contribution < -0.4 is 30.3 Å². The average molecular weight is 521 g/mol. The number of carbonyl (C=O) groups is 1. The average Bonchev–Trinajstić information content (AvgIpc) is 3.46. The Morgan fingerprint density at radius 1 is 0.889 bits per heavy atom. The van der Waals surface area contributed by atoms with E-state index in [1.54, 1.807) is 0 Å². The highest BCUT2D eigenvalue weighted by Crippen LogP contribution is 2.46. The Bertz CT molecular complexity index is 1510. The molecule has 13 nitrogen and oxygen atoms in total. The predicted octanol–water partition coefficient (Wildman–Crippen LogP) is 0.818. The van der Waals surface area contributed by atoms with Crippen LogP contribution in [0.4, 0.5) is 5.69 Å². The van der Waals surface area contributed by atoms with E-state index in [0.717, 1.165) is 11.7 Å². The Hall–Kier alpha value is -4.20. The van der Waals surface area contributed by atoms with Crippen LogP contribution in [0.1, 0.15) is 16.8 Å². The first kappa shape index (κ1) is 24.9. The summed E-state index contributed by atoms with van der Waals surface area (Å²) in [4.78, 5) is 37.5. The van der Waals surface area contributed by atoms with Crippen molar-refractivity contribution in [2.75, 3.05) is 33.2 Å². The first-order valence-corrected chi connectivity index (χ1v) is 12.1. The van der Waals surface area contributed by atoms with Crippen LogP contribution in [0, 0.1) is 0 Å². The van der Waals surface area contributed by atoms with Gasteiger partial charge in [-0.3, -0.25) is 4.72 Å². The van der Waals surface area contributed by atoms with E-state index in [2.05, 4.69) is 4.72 Å². The van der Waals surface area contributed by atoms with Gasteiger partial charge in [-0.25, -0.2) is 36.7 Å². The second kappa shape index (κ2) is 9.45. The predicted molar refractivity (Wildman–Crippen MR) is 127 cm³/mol. The molecule has 2 aromatic carbocycles. The highest BCUT2D eigenvalue weighted by atomic mass is 32.2. The van der Waals surface area contributed by atoms with Crippen LogP contribution in [-0.4, -0.2) is 56.8 Å². The van der Waals surface area contributed by atoms with Crippen molar-refractivity contribution in [2.24, 2.45) is 0 Å². The summed E-state index contributed by atoms with van der Waals surface area (Å²) in [5.41, 5.74) is -1.16. The molecule has 0 amide bonds. The summed E-state index contributed by atoms with van der Waals surface area (Å²) in [5, 5.41) is 0. The molecular weight excluding hydrogens is 496 g/mol. The summed E-state index contributed by atoms with van der Waals surface area (Å²) < 4.78 is 53.2. The molecule has 0 atom stereocenters. The Morgan fingerprint density at radius 3 is 1.97 bits per heavy atom. The number of anilines is 1. The number of hydrogen-bond acceptors (Lipinski definition) is 9. The number of nitrogens with zero attached hydrogens (tertiary/aromatic N) is 3. The first-order valence-electron chi connectivity index (χ1n) is 10.7. The van der Waals surface area contributed by atoms with Gasteiger partial charge in [0.2, 0.25) is 5.75 Å². The number of sulfonamides is 1. The maximum Gasteiger partial charge on any atom is 0.351 e. The molecule has 1 aromatic heterocycles. The minimum atomic E-state index is -4.28. The third-order valence-corrected chi connectivity index (χ3v) is 7.10. The number of benzene rings is 2. The minimum absolute atomic E-state index is 0.0577. The number of ether oxygens (including phenoxy) is 4. The van der Waals surface area contributed by atoms with Gasteiger partial charge in [0.05, 0.1) is 44.6 Å². The Labute approximate surface area is 205 Å². The molecule has 0 saturated carbocycles. The molecule has 2 heterocycles. The Balaban J connectivity index is 1.76. The van der Waals surface area contributed by atoms with Gasteiger partial charge in [-0.05, 0) is 30.7 Å². The molecular formula is C22H24N4O9S. The maximum absolute atomic E-state index is 13.3. The van der Waals surface area contributed by atoms with Crippen molar-refractivity contribution in [1.29, 1.82) is 0 Å². The number of fused-ring (bicyclic) bond motifs is 1. The van der Waals surface area contributed by atoms with Crippen LogP contribution in [0.5, 0.6) is 17.2 Å². The zero-order valence-corrected chi connectivity index (χ0v) is 20.7. The molecule has 0 saturated heterocycles. The van der Waals surface area contributed by atoms with E-state index in [4.69, 9.17) is 18.9 Å². The van der Waals surface area contributed by atoms with Gasteiger partial charge in [0.25, 0.3) is 10.0 Å². The molecule has 3 aromatic rings. The highest BCUT2D eigenvalue weighted by Gasteiger charge is 2.29. The van der Waals surface area contributed by atoms with Crippen LogP contribution in [0.3, 0.4) is 0 Å². The normalized spacial score (nSPS) is 12.7. The largest absolute Gasteiger partial charge is 0.493 e. The highest BCUT2D eigenvalue weighted by molar-refractivity contribution is 7.92. The van der Waals surface area contributed by atoms with Crippen molar-refractivity contribution >= 4 is 21.7 Å². The zero-order chi connectivity index (χ0) is 26.2. The lowest BCUT2D eigenvalue weighted by Gasteiger charge is -2.19. The number of esters is 1. The molecule has 0 unspecified atom stereocenters. The van der Waals surface area contributed by atoms with Crippen molar-refractivity contribution in [1.82, 2.24) is 13.9 Å². The molecule has 1 aliphatic rings. The van der Waals surface area contributed by atoms with Gasteiger partial charge in [0.15, 0.2) is 11.5 Å². The van der Waals surface area contributed by atoms with Gasteiger partial charge < -0.3 is 18.9 Å². The summed E-state index contributed by atoms with van der Waals surface area (Å²) in [5.74, 6) is -0.759. The van der Waals surface area contributed by atoms with Crippen LogP contribution in [0.15, 0.2) is 44.8 Å². The number of rotatable bonds is 8. The fraction of sp³-hybridized carbons (Fsp3) is 0.318. The van der Waals surface area contributed by atoms with Crippen molar-refractivity contribution in [3.05, 3.63) is 56.9 Å². The maximum atomic E-state index is 13.3. The van der Waals surface area contributed by atoms with Gasteiger partial charge in [0, 0.05) is 19.2 Å². The van der Waals surface area contributed by atoms with Crippen LogP contribution >= 0.6 is 0 Å². The summed E-state index contributed by atoms with van der Waals surface area (Å²) in [6, 6.07) is 6.44. The van der Waals surface area contributed by atoms with E-state index in [-0.39, 0.29) is 39.1 Å². The molecule has 1 aliphatic heterocycles. The number of nitrogens with one attached hydrogen (secondary N) is 1. The summed E-state index contributed by atoms with van der Waals surface area (Å²) in [6.07, 6.45) is 0.696. The molecule has 14 heteroatoms. The number of hydrogen-bond donors (Lipinski definition) is 1. The second-order valence-electron chi connectivity index (χ2n) is 7.66. The molecule has 4 rings (SSSR count). The molecule has 0 fully saturated rings. The molecule has 0 radical (unpaired) electrons. The van der Waals surface area contributed by atoms with Crippen LogP contribution in [-0.2, 0) is 27.8 Å². The van der Waals surface area contributed by atoms with Crippen LogP contribution in [0.2, 0.25) is 0 Å². The van der Waals surface area contributed by atoms with Crippen molar-refractivity contribution in [3.8, 4) is 22.9 Å². The lowest BCUT2D eigenvalue weighted by Crippen LogP contribution is -2.28. The zero-order valence-electron chi connectivity index (χ0n) is 19.9. The number of carbonyl (C=O) groups excluding carboxylic acids is 1. The van der Waals surface area contributed by atoms with Gasteiger partial charge in [0.1, 0.15) is 5.69 Å². The molecule has 36 heavy (non-hydrogen) atoms. The van der Waals surface area contributed by atoms with E-state index < -0.39 is 27.4 Å². The quantitative estimate of drug-likeness (QED) is 0.426. The fourth-order valence-electron chi connectivity index (χ4n) is 4.04. The van der Waals surface area contributed by atoms with E-state index in [1.165, 1.54) is 61.0 Å². The smallest absolute Gasteiger partial charge is 0.351 e.